The molecule has 0 amide bonds. The normalized spacial score (nSPS) is 10.6. The van der Waals surface area contributed by atoms with Crippen LogP contribution < -0.4 is 0 Å². The maximum Gasteiger partial charge on any atom is 0.141 e. The van der Waals surface area contributed by atoms with Crippen LogP contribution in [0.3, 0.4) is 0 Å². The van der Waals surface area contributed by atoms with Crippen molar-refractivity contribution >= 4 is 11.6 Å². The molecule has 0 spiro atoms. The molecule has 0 unspecified atom stereocenters. The summed E-state index contributed by atoms with van der Waals surface area (Å²) in [4.78, 5) is 0. The Morgan fingerprint density at radius 2 is 2.00 bits per heavy atom. The van der Waals surface area contributed by atoms with Crippen LogP contribution in [0.2, 0.25) is 5.02 Å². The van der Waals surface area contributed by atoms with Crippen molar-refractivity contribution in [3.05, 3.63) is 34.7 Å². The molecule has 3 nitrogen and oxygen atoms in total. The smallest absolute Gasteiger partial charge is 0.141 e. The molecule has 0 bridgehead atoms. The Morgan fingerprint density at radius 1 is 1.27 bits per heavy atom. The van der Waals surface area contributed by atoms with E-state index in [1.165, 1.54) is 6.07 Å². The summed E-state index contributed by atoms with van der Waals surface area (Å²) in [6, 6.07) is 4.90. The summed E-state index contributed by atoms with van der Waals surface area (Å²) >= 11 is 5.86. The highest BCUT2D eigenvalue weighted by Crippen LogP contribution is 2.31. The molecule has 0 atom stereocenters. The van der Waals surface area contributed by atoms with Gasteiger partial charge in [-0.2, -0.15) is 0 Å². The first-order valence-electron chi connectivity index (χ1n) is 4.50. The van der Waals surface area contributed by atoms with Crippen molar-refractivity contribution in [1.82, 2.24) is 5.16 Å². The lowest BCUT2D eigenvalue weighted by molar-refractivity contribution is 0.393. The van der Waals surface area contributed by atoms with Crippen molar-refractivity contribution in [1.29, 1.82) is 0 Å². The van der Waals surface area contributed by atoms with Crippen LogP contribution in [-0.2, 0) is 0 Å². The minimum absolute atomic E-state index is 0.137. The summed E-state index contributed by atoms with van der Waals surface area (Å²) in [5, 5.41) is 13.8. The van der Waals surface area contributed by atoms with Gasteiger partial charge >= 0.3 is 0 Å². The molecule has 1 heterocycles. The lowest BCUT2D eigenvalue weighted by Crippen LogP contribution is -1.82. The second-order valence-electron chi connectivity index (χ2n) is 3.40. The molecule has 0 saturated heterocycles. The number of halogens is 1. The second kappa shape index (κ2) is 3.59. The van der Waals surface area contributed by atoms with E-state index in [2.05, 4.69) is 5.16 Å². The van der Waals surface area contributed by atoms with Gasteiger partial charge in [0.15, 0.2) is 0 Å². The number of benzene rings is 1. The van der Waals surface area contributed by atoms with Gasteiger partial charge in [-0.1, -0.05) is 16.8 Å². The van der Waals surface area contributed by atoms with Gasteiger partial charge in [0, 0.05) is 10.6 Å². The van der Waals surface area contributed by atoms with E-state index >= 15 is 0 Å². The quantitative estimate of drug-likeness (QED) is 0.807. The fourth-order valence-electron chi connectivity index (χ4n) is 1.61. The molecule has 4 heteroatoms. The van der Waals surface area contributed by atoms with E-state index in [9.17, 15) is 5.11 Å². The first-order chi connectivity index (χ1) is 7.08. The summed E-state index contributed by atoms with van der Waals surface area (Å²) in [7, 11) is 0. The first-order valence-corrected chi connectivity index (χ1v) is 4.88. The van der Waals surface area contributed by atoms with E-state index in [4.69, 9.17) is 16.1 Å². The van der Waals surface area contributed by atoms with E-state index in [0.717, 1.165) is 16.8 Å². The number of phenolic OH excluding ortho intramolecular Hbond substituents is 1. The van der Waals surface area contributed by atoms with E-state index < -0.39 is 0 Å². The zero-order valence-electron chi connectivity index (χ0n) is 8.41. The fourth-order valence-corrected chi connectivity index (χ4v) is 1.84. The molecule has 0 aliphatic carbocycles. The van der Waals surface area contributed by atoms with Gasteiger partial charge in [-0.3, -0.25) is 0 Å². The van der Waals surface area contributed by atoms with Gasteiger partial charge in [-0.25, -0.2) is 0 Å². The van der Waals surface area contributed by atoms with Crippen LogP contribution in [0.15, 0.2) is 22.7 Å². The molecule has 0 radical (unpaired) electrons. The van der Waals surface area contributed by atoms with Gasteiger partial charge in [0.1, 0.15) is 11.5 Å². The van der Waals surface area contributed by atoms with Crippen molar-refractivity contribution < 1.29 is 9.63 Å². The van der Waals surface area contributed by atoms with Gasteiger partial charge in [-0.05, 0) is 37.6 Å². The third-order valence-electron chi connectivity index (χ3n) is 2.20. The topological polar surface area (TPSA) is 46.3 Å². The third-order valence-corrected chi connectivity index (χ3v) is 2.42. The summed E-state index contributed by atoms with van der Waals surface area (Å²) in [6.45, 7) is 3.68. The zero-order chi connectivity index (χ0) is 11.0. The van der Waals surface area contributed by atoms with Gasteiger partial charge < -0.3 is 9.63 Å². The van der Waals surface area contributed by atoms with Crippen molar-refractivity contribution in [3.8, 4) is 16.9 Å². The van der Waals surface area contributed by atoms with E-state index in [0.29, 0.717) is 10.8 Å². The summed E-state index contributed by atoms with van der Waals surface area (Å²) in [6.07, 6.45) is 0. The highest BCUT2D eigenvalue weighted by molar-refractivity contribution is 6.31. The Kier molecular flexibility index (Phi) is 2.40. The summed E-state index contributed by atoms with van der Waals surface area (Å²) in [5.41, 5.74) is 2.48. The molecule has 0 fully saturated rings. The van der Waals surface area contributed by atoms with Crippen molar-refractivity contribution in [2.75, 3.05) is 0 Å². The maximum absolute atomic E-state index is 9.44. The van der Waals surface area contributed by atoms with Crippen LogP contribution in [0.1, 0.15) is 11.5 Å². The predicted molar refractivity (Wildman–Crippen MR) is 58.1 cm³/mol. The number of aromatic hydroxyl groups is 1. The van der Waals surface area contributed by atoms with Crippen LogP contribution in [-0.4, -0.2) is 10.3 Å². The number of hydrogen-bond acceptors (Lipinski definition) is 3. The highest BCUT2D eigenvalue weighted by atomic mass is 35.5. The minimum Gasteiger partial charge on any atom is -0.508 e. The number of aryl methyl sites for hydroxylation is 2. The molecular weight excluding hydrogens is 214 g/mol. The van der Waals surface area contributed by atoms with Gasteiger partial charge in [0.05, 0.1) is 5.69 Å². The summed E-state index contributed by atoms with van der Waals surface area (Å²) in [5.74, 6) is 0.853. The van der Waals surface area contributed by atoms with Crippen LogP contribution >= 0.6 is 11.6 Å². The predicted octanol–water partition coefficient (Wildman–Crippen LogP) is 3.32. The van der Waals surface area contributed by atoms with Crippen LogP contribution in [0.5, 0.6) is 5.75 Å². The average Bonchev–Trinajstić information content (AvgIpc) is 2.44. The fraction of sp³-hybridized carbons (Fsp3) is 0.182. The Labute approximate surface area is 92.3 Å². The monoisotopic (exact) mass is 223 g/mol. The van der Waals surface area contributed by atoms with E-state index in [1.807, 2.05) is 13.8 Å². The molecule has 0 aliphatic rings. The third kappa shape index (κ3) is 1.83. The Balaban J connectivity index is 2.63. The highest BCUT2D eigenvalue weighted by Gasteiger charge is 2.12. The Morgan fingerprint density at radius 3 is 2.53 bits per heavy atom. The minimum atomic E-state index is 0.137. The molecule has 1 aromatic heterocycles. The second-order valence-corrected chi connectivity index (χ2v) is 3.83. The van der Waals surface area contributed by atoms with Crippen LogP contribution in [0.4, 0.5) is 0 Å². The summed E-state index contributed by atoms with van der Waals surface area (Å²) < 4.78 is 5.05. The molecule has 1 N–H and O–H groups in total. The van der Waals surface area contributed by atoms with Crippen LogP contribution in [0, 0.1) is 13.8 Å². The Hall–Kier alpha value is -1.48. The van der Waals surface area contributed by atoms with Crippen molar-refractivity contribution in [2.45, 2.75) is 13.8 Å². The van der Waals surface area contributed by atoms with Gasteiger partial charge in [-0.15, -0.1) is 0 Å². The number of rotatable bonds is 1. The Bertz CT molecular complexity index is 466. The molecule has 2 aromatic rings. The largest absolute Gasteiger partial charge is 0.508 e. The molecule has 15 heavy (non-hydrogen) atoms. The zero-order valence-corrected chi connectivity index (χ0v) is 9.17. The average molecular weight is 224 g/mol. The van der Waals surface area contributed by atoms with Crippen LogP contribution in [0.25, 0.3) is 11.1 Å². The lowest BCUT2D eigenvalue weighted by Gasteiger charge is -2.02. The van der Waals surface area contributed by atoms with Gasteiger partial charge in [0.2, 0.25) is 0 Å². The first kappa shape index (κ1) is 10.1. The molecular formula is C11H10ClNO2. The van der Waals surface area contributed by atoms with Gasteiger partial charge in [0.25, 0.3) is 0 Å². The van der Waals surface area contributed by atoms with Crippen molar-refractivity contribution in [3.63, 3.8) is 0 Å². The number of nitrogens with zero attached hydrogens (tertiary/aromatic N) is 1. The maximum atomic E-state index is 9.44. The lowest BCUT2D eigenvalue weighted by atomic mass is 10.0. The molecule has 2 rings (SSSR count). The number of hydrogen-bond donors (Lipinski definition) is 1. The van der Waals surface area contributed by atoms with E-state index in [1.54, 1.807) is 12.1 Å². The standard InChI is InChI=1S/C11H10ClNO2/c1-6-11(7(2)15-13-6)8-3-9(12)5-10(14)4-8/h3-5,14H,1-2H3. The van der Waals surface area contributed by atoms with E-state index in [-0.39, 0.29) is 5.75 Å². The number of phenols is 1. The SMILES string of the molecule is Cc1noc(C)c1-c1cc(O)cc(Cl)c1. The molecule has 0 saturated carbocycles. The molecule has 0 aliphatic heterocycles. The molecule has 78 valence electrons. The molecule has 1 aromatic carbocycles. The van der Waals surface area contributed by atoms with Crippen molar-refractivity contribution in [2.24, 2.45) is 0 Å². The number of aromatic nitrogens is 1.